The molecule has 0 unspecified atom stereocenters. The van der Waals surface area contributed by atoms with Crippen molar-refractivity contribution in [2.45, 2.75) is 19.0 Å². The number of carbonyl (C=O) groups is 1. The molecule has 1 aliphatic heterocycles. The average Bonchev–Trinajstić information content (AvgIpc) is 3.30. The Morgan fingerprint density at radius 3 is 2.76 bits per heavy atom. The number of aliphatic hydroxyl groups is 1. The van der Waals surface area contributed by atoms with Gasteiger partial charge < -0.3 is 10.4 Å². The highest BCUT2D eigenvalue weighted by Gasteiger charge is 2.30. The number of hydrogen-bond donors (Lipinski definition) is 2. The summed E-state index contributed by atoms with van der Waals surface area (Å²) >= 11 is 0. The van der Waals surface area contributed by atoms with Crippen molar-refractivity contribution >= 4 is 5.91 Å². The highest BCUT2D eigenvalue weighted by molar-refractivity contribution is 5.92. The molecule has 1 fully saturated rings. The molecule has 7 nitrogen and oxygen atoms in total. The van der Waals surface area contributed by atoms with Crippen LogP contribution in [0.25, 0.3) is 5.82 Å². The first-order valence-electron chi connectivity index (χ1n) is 9.88. The molecule has 3 heterocycles. The number of likely N-dealkylation sites (tertiary alicyclic amines) is 1. The highest BCUT2D eigenvalue weighted by atomic mass is 16.3. The topological polar surface area (TPSA) is 83.3 Å². The van der Waals surface area contributed by atoms with E-state index in [0.717, 1.165) is 19.5 Å². The molecule has 29 heavy (non-hydrogen) atoms. The van der Waals surface area contributed by atoms with Gasteiger partial charge in [-0.3, -0.25) is 9.69 Å². The molecular weight excluding hydrogens is 366 g/mol. The second-order valence-electron chi connectivity index (χ2n) is 7.36. The number of hydrogen-bond acceptors (Lipinski definition) is 5. The number of aromatic nitrogens is 3. The smallest absolute Gasteiger partial charge is 0.270 e. The molecule has 1 aromatic carbocycles. The summed E-state index contributed by atoms with van der Waals surface area (Å²) in [5.41, 5.74) is 1.59. The lowest BCUT2D eigenvalue weighted by molar-refractivity contribution is 0.0727. The molecule has 150 valence electrons. The van der Waals surface area contributed by atoms with Gasteiger partial charge in [0.15, 0.2) is 5.82 Å². The Morgan fingerprint density at radius 2 is 2.00 bits per heavy atom. The quantitative estimate of drug-likeness (QED) is 0.670. The van der Waals surface area contributed by atoms with Crippen LogP contribution in [0.1, 0.15) is 22.5 Å². The van der Waals surface area contributed by atoms with E-state index in [1.807, 2.05) is 30.3 Å². The maximum atomic E-state index is 12.9. The van der Waals surface area contributed by atoms with E-state index in [9.17, 15) is 9.90 Å². The Morgan fingerprint density at radius 1 is 1.14 bits per heavy atom. The summed E-state index contributed by atoms with van der Waals surface area (Å²) < 4.78 is 1.62. The first kappa shape index (κ1) is 19.3. The van der Waals surface area contributed by atoms with E-state index in [2.05, 4.69) is 32.4 Å². The Kier molecular flexibility index (Phi) is 5.97. The third kappa shape index (κ3) is 4.70. The van der Waals surface area contributed by atoms with Crippen molar-refractivity contribution in [1.29, 1.82) is 0 Å². The second kappa shape index (κ2) is 8.98. The van der Waals surface area contributed by atoms with Gasteiger partial charge in [0.2, 0.25) is 0 Å². The molecule has 1 amide bonds. The van der Waals surface area contributed by atoms with Gasteiger partial charge in [-0.25, -0.2) is 9.67 Å². The first-order valence-corrected chi connectivity index (χ1v) is 9.88. The van der Waals surface area contributed by atoms with Gasteiger partial charge in [0, 0.05) is 44.0 Å². The van der Waals surface area contributed by atoms with Crippen LogP contribution in [0.5, 0.6) is 0 Å². The van der Waals surface area contributed by atoms with Crippen LogP contribution in [-0.2, 0) is 6.54 Å². The Labute approximate surface area is 170 Å². The molecule has 0 radical (unpaired) electrons. The van der Waals surface area contributed by atoms with Crippen molar-refractivity contribution in [2.75, 3.05) is 19.7 Å². The molecule has 0 saturated carbocycles. The fourth-order valence-electron chi connectivity index (χ4n) is 3.76. The fraction of sp³-hybridized carbons (Fsp3) is 0.318. The Bertz CT molecular complexity index is 929. The number of carbonyl (C=O) groups excluding carboxylic acids is 1. The van der Waals surface area contributed by atoms with E-state index in [-0.39, 0.29) is 24.5 Å². The van der Waals surface area contributed by atoms with Crippen LogP contribution in [0.4, 0.5) is 0 Å². The largest absolute Gasteiger partial charge is 0.396 e. The van der Waals surface area contributed by atoms with Crippen molar-refractivity contribution in [1.82, 2.24) is 25.0 Å². The van der Waals surface area contributed by atoms with Gasteiger partial charge in [-0.05, 0) is 36.7 Å². The van der Waals surface area contributed by atoms with Crippen molar-refractivity contribution in [3.8, 4) is 5.82 Å². The monoisotopic (exact) mass is 391 g/mol. The predicted octanol–water partition coefficient (Wildman–Crippen LogP) is 1.88. The van der Waals surface area contributed by atoms with E-state index in [1.54, 1.807) is 29.2 Å². The standard InChI is InChI=1S/C22H25N5O2/c28-16-18-10-13-26(14-17-6-2-1-3-7-17)15-20(18)25-22(29)19-8-4-9-21(24-19)27-12-5-11-23-27/h1-9,11-12,18,20,28H,10,13-16H2,(H,25,29)/t18-,20+/m1/s1. The molecule has 2 N–H and O–H groups in total. The van der Waals surface area contributed by atoms with E-state index in [0.29, 0.717) is 18.1 Å². The highest BCUT2D eigenvalue weighted by Crippen LogP contribution is 2.20. The van der Waals surface area contributed by atoms with Gasteiger partial charge in [-0.15, -0.1) is 0 Å². The number of nitrogens with zero attached hydrogens (tertiary/aromatic N) is 4. The molecule has 0 bridgehead atoms. The van der Waals surface area contributed by atoms with Crippen LogP contribution in [-0.4, -0.2) is 56.4 Å². The lowest BCUT2D eigenvalue weighted by atomic mass is 9.91. The summed E-state index contributed by atoms with van der Waals surface area (Å²) in [6.45, 7) is 2.49. The minimum Gasteiger partial charge on any atom is -0.396 e. The maximum Gasteiger partial charge on any atom is 0.270 e. The SMILES string of the molecule is O=C(N[C@H]1CN(Cc2ccccc2)CC[C@@H]1CO)c1cccc(-n2cccn2)n1. The molecular formula is C22H25N5O2. The zero-order valence-corrected chi connectivity index (χ0v) is 16.2. The number of rotatable bonds is 6. The average molecular weight is 391 g/mol. The molecule has 0 spiro atoms. The van der Waals surface area contributed by atoms with Crippen LogP contribution in [0.2, 0.25) is 0 Å². The van der Waals surface area contributed by atoms with Crippen molar-refractivity contribution in [3.63, 3.8) is 0 Å². The van der Waals surface area contributed by atoms with Crippen LogP contribution >= 0.6 is 0 Å². The Hall–Kier alpha value is -3.03. The third-order valence-electron chi connectivity index (χ3n) is 5.35. The van der Waals surface area contributed by atoms with Crippen LogP contribution in [0.15, 0.2) is 67.0 Å². The van der Waals surface area contributed by atoms with Crippen molar-refractivity contribution < 1.29 is 9.90 Å². The summed E-state index contributed by atoms with van der Waals surface area (Å²) in [6.07, 6.45) is 4.30. The number of pyridine rings is 1. The summed E-state index contributed by atoms with van der Waals surface area (Å²) in [6, 6.07) is 17.3. The van der Waals surface area contributed by atoms with Gasteiger partial charge in [0.1, 0.15) is 5.69 Å². The van der Waals surface area contributed by atoms with Gasteiger partial charge in [0.05, 0.1) is 0 Å². The molecule has 1 aliphatic rings. The van der Waals surface area contributed by atoms with E-state index < -0.39 is 0 Å². The number of amides is 1. The third-order valence-corrected chi connectivity index (χ3v) is 5.35. The zero-order valence-electron chi connectivity index (χ0n) is 16.2. The summed E-state index contributed by atoms with van der Waals surface area (Å²) in [7, 11) is 0. The van der Waals surface area contributed by atoms with Gasteiger partial charge in [0.25, 0.3) is 5.91 Å². The van der Waals surface area contributed by atoms with Crippen molar-refractivity contribution in [3.05, 3.63) is 78.2 Å². The lowest BCUT2D eigenvalue weighted by Crippen LogP contribution is -2.53. The minimum atomic E-state index is -0.232. The molecule has 2 atom stereocenters. The summed E-state index contributed by atoms with van der Waals surface area (Å²) in [5, 5.41) is 17.0. The summed E-state index contributed by atoms with van der Waals surface area (Å²) in [4.78, 5) is 19.6. The fourth-order valence-corrected chi connectivity index (χ4v) is 3.76. The number of benzene rings is 1. The van der Waals surface area contributed by atoms with Crippen LogP contribution in [0, 0.1) is 5.92 Å². The van der Waals surface area contributed by atoms with E-state index in [1.165, 1.54) is 5.56 Å². The second-order valence-corrected chi connectivity index (χ2v) is 7.36. The molecule has 0 aliphatic carbocycles. The number of piperidine rings is 1. The normalized spacial score (nSPS) is 19.8. The minimum absolute atomic E-state index is 0.0419. The maximum absolute atomic E-state index is 12.9. The van der Waals surface area contributed by atoms with Crippen molar-refractivity contribution in [2.24, 2.45) is 5.92 Å². The molecule has 3 aromatic rings. The lowest BCUT2D eigenvalue weighted by Gasteiger charge is -2.38. The number of aliphatic hydroxyl groups excluding tert-OH is 1. The van der Waals surface area contributed by atoms with Gasteiger partial charge in [-0.2, -0.15) is 5.10 Å². The molecule has 2 aromatic heterocycles. The van der Waals surface area contributed by atoms with Crippen LogP contribution < -0.4 is 5.32 Å². The first-order chi connectivity index (χ1) is 14.2. The molecule has 1 saturated heterocycles. The predicted molar refractivity (Wildman–Crippen MR) is 110 cm³/mol. The van der Waals surface area contributed by atoms with Gasteiger partial charge >= 0.3 is 0 Å². The van der Waals surface area contributed by atoms with E-state index >= 15 is 0 Å². The summed E-state index contributed by atoms with van der Waals surface area (Å²) in [5.74, 6) is 0.403. The molecule has 7 heteroatoms. The van der Waals surface area contributed by atoms with E-state index in [4.69, 9.17) is 0 Å². The Balaban J connectivity index is 1.44. The van der Waals surface area contributed by atoms with Crippen LogP contribution in [0.3, 0.4) is 0 Å². The van der Waals surface area contributed by atoms with Gasteiger partial charge in [-0.1, -0.05) is 36.4 Å². The molecule has 4 rings (SSSR count). The number of nitrogens with one attached hydrogen (secondary N) is 1. The zero-order chi connectivity index (χ0) is 20.1.